The van der Waals surface area contributed by atoms with Crippen molar-refractivity contribution >= 4 is 21.6 Å². The van der Waals surface area contributed by atoms with Crippen molar-refractivity contribution in [2.45, 2.75) is 19.4 Å². The molecule has 1 fully saturated rings. The van der Waals surface area contributed by atoms with Gasteiger partial charge in [-0.15, -0.1) is 0 Å². The van der Waals surface area contributed by atoms with Crippen LogP contribution in [0.2, 0.25) is 0 Å². The Kier molecular flexibility index (Phi) is 4.65. The largest absolute Gasteiger partial charge is 0.383 e. The molecule has 18 heavy (non-hydrogen) atoms. The lowest BCUT2D eigenvalue weighted by Crippen LogP contribution is -2.54. The Hall–Kier alpha value is -0.580. The van der Waals surface area contributed by atoms with Crippen LogP contribution in [-0.2, 0) is 4.74 Å². The van der Waals surface area contributed by atoms with Gasteiger partial charge in [0.15, 0.2) is 0 Å². The number of para-hydroxylation sites is 1. The van der Waals surface area contributed by atoms with Gasteiger partial charge in [0.25, 0.3) is 0 Å². The van der Waals surface area contributed by atoms with Gasteiger partial charge in [0.2, 0.25) is 0 Å². The highest BCUT2D eigenvalue weighted by molar-refractivity contribution is 9.10. The fraction of sp³-hybridized carbons (Fsp3) is 0.571. The Labute approximate surface area is 118 Å². The van der Waals surface area contributed by atoms with Crippen LogP contribution in [0.3, 0.4) is 0 Å². The first-order chi connectivity index (χ1) is 8.59. The monoisotopic (exact) mass is 312 g/mol. The third-order valence-electron chi connectivity index (χ3n) is 3.39. The molecule has 1 aromatic carbocycles. The van der Waals surface area contributed by atoms with Gasteiger partial charge in [-0.1, -0.05) is 12.1 Å². The van der Waals surface area contributed by atoms with E-state index < -0.39 is 0 Å². The van der Waals surface area contributed by atoms with Crippen molar-refractivity contribution in [3.63, 3.8) is 0 Å². The summed E-state index contributed by atoms with van der Waals surface area (Å²) >= 11 is 3.55. The number of benzene rings is 1. The van der Waals surface area contributed by atoms with Crippen LogP contribution in [0, 0.1) is 0 Å². The number of hydrogen-bond donors (Lipinski definition) is 1. The van der Waals surface area contributed by atoms with Gasteiger partial charge in [-0.2, -0.15) is 0 Å². The highest BCUT2D eigenvalue weighted by Crippen LogP contribution is 2.22. The van der Waals surface area contributed by atoms with Crippen LogP contribution in [0.25, 0.3) is 0 Å². The maximum Gasteiger partial charge on any atom is 0.0645 e. The fourth-order valence-corrected chi connectivity index (χ4v) is 2.66. The molecule has 1 aliphatic heterocycles. The molecule has 0 spiro atoms. The smallest absolute Gasteiger partial charge is 0.0645 e. The lowest BCUT2D eigenvalue weighted by Gasteiger charge is -2.42. The summed E-state index contributed by atoms with van der Waals surface area (Å²) in [5.74, 6) is 0. The van der Waals surface area contributed by atoms with Gasteiger partial charge >= 0.3 is 0 Å². The standard InChI is InChI=1S/C14H21BrN2O/c1-14(2)11-18-10-9-17(14)8-7-16-13-6-4-3-5-12(13)15/h3-6,16H,7-11H2,1-2H3. The molecule has 0 saturated carbocycles. The third kappa shape index (κ3) is 3.46. The molecule has 1 aliphatic rings. The molecule has 0 aliphatic carbocycles. The van der Waals surface area contributed by atoms with Crippen LogP contribution >= 0.6 is 15.9 Å². The van der Waals surface area contributed by atoms with Gasteiger partial charge in [0.1, 0.15) is 0 Å². The summed E-state index contributed by atoms with van der Waals surface area (Å²) in [5, 5.41) is 3.47. The Morgan fingerprint density at radius 2 is 2.17 bits per heavy atom. The number of halogens is 1. The van der Waals surface area contributed by atoms with E-state index in [1.165, 1.54) is 0 Å². The van der Waals surface area contributed by atoms with E-state index in [1.807, 2.05) is 12.1 Å². The van der Waals surface area contributed by atoms with Crippen LogP contribution in [0.1, 0.15) is 13.8 Å². The quantitative estimate of drug-likeness (QED) is 0.925. The van der Waals surface area contributed by atoms with E-state index in [-0.39, 0.29) is 5.54 Å². The predicted octanol–water partition coefficient (Wildman–Crippen LogP) is 2.97. The highest BCUT2D eigenvalue weighted by atomic mass is 79.9. The minimum atomic E-state index is 0.147. The first-order valence-electron chi connectivity index (χ1n) is 6.41. The zero-order chi connectivity index (χ0) is 13.0. The first-order valence-corrected chi connectivity index (χ1v) is 7.20. The lowest BCUT2D eigenvalue weighted by molar-refractivity contribution is -0.0487. The Morgan fingerprint density at radius 1 is 1.39 bits per heavy atom. The van der Waals surface area contributed by atoms with Gasteiger partial charge in [0, 0.05) is 35.3 Å². The molecule has 2 rings (SSSR count). The van der Waals surface area contributed by atoms with Crippen LogP contribution in [0.5, 0.6) is 0 Å². The summed E-state index contributed by atoms with van der Waals surface area (Å²) in [7, 11) is 0. The first kappa shape index (κ1) is 13.8. The third-order valence-corrected chi connectivity index (χ3v) is 4.08. The van der Waals surface area contributed by atoms with Crippen molar-refractivity contribution in [2.24, 2.45) is 0 Å². The van der Waals surface area contributed by atoms with E-state index in [9.17, 15) is 0 Å². The summed E-state index contributed by atoms with van der Waals surface area (Å²) in [4.78, 5) is 2.49. The second kappa shape index (κ2) is 6.04. The van der Waals surface area contributed by atoms with E-state index in [2.05, 4.69) is 52.1 Å². The second-order valence-corrected chi connectivity index (χ2v) is 6.11. The normalized spacial score (nSPS) is 19.7. The van der Waals surface area contributed by atoms with E-state index in [4.69, 9.17) is 4.74 Å². The van der Waals surface area contributed by atoms with Crippen LogP contribution in [0.4, 0.5) is 5.69 Å². The molecule has 0 amide bonds. The number of hydrogen-bond acceptors (Lipinski definition) is 3. The van der Waals surface area contributed by atoms with Crippen molar-refractivity contribution in [3.8, 4) is 0 Å². The van der Waals surface area contributed by atoms with Gasteiger partial charge in [-0.3, -0.25) is 4.90 Å². The number of nitrogens with zero attached hydrogens (tertiary/aromatic N) is 1. The highest BCUT2D eigenvalue weighted by Gasteiger charge is 2.29. The van der Waals surface area contributed by atoms with Crippen molar-refractivity contribution in [3.05, 3.63) is 28.7 Å². The number of morpholine rings is 1. The van der Waals surface area contributed by atoms with E-state index in [0.717, 1.165) is 43.0 Å². The topological polar surface area (TPSA) is 24.5 Å². The molecule has 1 saturated heterocycles. The molecule has 1 N–H and O–H groups in total. The van der Waals surface area contributed by atoms with Crippen LogP contribution in [0.15, 0.2) is 28.7 Å². The van der Waals surface area contributed by atoms with Gasteiger partial charge in [-0.25, -0.2) is 0 Å². The zero-order valence-corrected chi connectivity index (χ0v) is 12.7. The average Bonchev–Trinajstić information content (AvgIpc) is 2.33. The van der Waals surface area contributed by atoms with E-state index in [0.29, 0.717) is 0 Å². The Bertz CT molecular complexity index is 395. The number of nitrogens with one attached hydrogen (secondary N) is 1. The molecule has 0 atom stereocenters. The van der Waals surface area contributed by atoms with Crippen molar-refractivity contribution in [2.75, 3.05) is 38.2 Å². The summed E-state index contributed by atoms with van der Waals surface area (Å²) in [6, 6.07) is 8.22. The maximum absolute atomic E-state index is 5.53. The minimum absolute atomic E-state index is 0.147. The Morgan fingerprint density at radius 3 is 2.89 bits per heavy atom. The van der Waals surface area contributed by atoms with E-state index in [1.54, 1.807) is 0 Å². The molecule has 1 aromatic rings. The number of anilines is 1. The molecule has 100 valence electrons. The fourth-order valence-electron chi connectivity index (χ4n) is 2.24. The molecule has 4 heteroatoms. The number of ether oxygens (including phenoxy) is 1. The molecule has 0 unspecified atom stereocenters. The van der Waals surface area contributed by atoms with Crippen molar-refractivity contribution in [1.29, 1.82) is 0 Å². The van der Waals surface area contributed by atoms with Gasteiger partial charge in [0.05, 0.1) is 13.2 Å². The Balaban J connectivity index is 1.83. The number of rotatable bonds is 4. The van der Waals surface area contributed by atoms with Gasteiger partial charge in [-0.05, 0) is 41.9 Å². The van der Waals surface area contributed by atoms with Gasteiger partial charge < -0.3 is 10.1 Å². The van der Waals surface area contributed by atoms with Crippen molar-refractivity contribution < 1.29 is 4.74 Å². The average molecular weight is 313 g/mol. The molecular formula is C14H21BrN2O. The summed E-state index contributed by atoms with van der Waals surface area (Å²) in [5.41, 5.74) is 1.30. The molecule has 1 heterocycles. The van der Waals surface area contributed by atoms with Crippen molar-refractivity contribution in [1.82, 2.24) is 4.90 Å². The SMILES string of the molecule is CC1(C)COCCN1CCNc1ccccc1Br. The molecule has 0 bridgehead atoms. The molecule has 0 aromatic heterocycles. The van der Waals surface area contributed by atoms with E-state index >= 15 is 0 Å². The maximum atomic E-state index is 5.53. The van der Waals surface area contributed by atoms with Crippen LogP contribution in [-0.4, -0.2) is 43.3 Å². The summed E-state index contributed by atoms with van der Waals surface area (Å²) in [6.45, 7) is 9.16. The summed E-state index contributed by atoms with van der Waals surface area (Å²) in [6.07, 6.45) is 0. The minimum Gasteiger partial charge on any atom is -0.383 e. The zero-order valence-electron chi connectivity index (χ0n) is 11.1. The molecule has 0 radical (unpaired) electrons. The predicted molar refractivity (Wildman–Crippen MR) is 79.1 cm³/mol. The summed E-state index contributed by atoms with van der Waals surface area (Å²) < 4.78 is 6.65. The second-order valence-electron chi connectivity index (χ2n) is 5.26. The molecular weight excluding hydrogens is 292 g/mol. The molecule has 3 nitrogen and oxygen atoms in total. The van der Waals surface area contributed by atoms with Crippen LogP contribution < -0.4 is 5.32 Å². The lowest BCUT2D eigenvalue weighted by atomic mass is 10.0.